The predicted molar refractivity (Wildman–Crippen MR) is 66.6 cm³/mol. The molecular formula is C13H13FN2O3. The van der Waals surface area contributed by atoms with Gasteiger partial charge in [0.2, 0.25) is 0 Å². The molecule has 0 aliphatic carbocycles. The van der Waals surface area contributed by atoms with E-state index >= 15 is 0 Å². The maximum atomic E-state index is 13.6. The van der Waals surface area contributed by atoms with Crippen molar-refractivity contribution in [1.29, 1.82) is 0 Å². The van der Waals surface area contributed by atoms with Crippen molar-refractivity contribution in [2.75, 3.05) is 0 Å². The number of aryl methyl sites for hydroxylation is 2. The second-order valence-electron chi connectivity index (χ2n) is 4.17. The van der Waals surface area contributed by atoms with E-state index in [1.54, 1.807) is 6.07 Å². The highest BCUT2D eigenvalue weighted by molar-refractivity contribution is 5.87. The Hall–Kier alpha value is -2.37. The molecule has 0 spiro atoms. The Morgan fingerprint density at radius 2 is 2.11 bits per heavy atom. The van der Waals surface area contributed by atoms with Crippen LogP contribution in [0.3, 0.4) is 0 Å². The molecule has 0 aliphatic rings. The number of benzene rings is 1. The monoisotopic (exact) mass is 264 g/mol. The van der Waals surface area contributed by atoms with E-state index in [9.17, 15) is 14.3 Å². The average Bonchev–Trinajstić information content (AvgIpc) is 2.75. The van der Waals surface area contributed by atoms with Gasteiger partial charge in [0.1, 0.15) is 0 Å². The first-order valence-corrected chi connectivity index (χ1v) is 5.73. The first-order valence-electron chi connectivity index (χ1n) is 5.73. The molecule has 6 heteroatoms. The van der Waals surface area contributed by atoms with Gasteiger partial charge in [-0.3, -0.25) is 4.68 Å². The molecule has 0 radical (unpaired) electrons. The van der Waals surface area contributed by atoms with Crippen molar-refractivity contribution in [3.05, 3.63) is 35.3 Å². The zero-order chi connectivity index (χ0) is 14.2. The number of aromatic carboxylic acids is 1. The van der Waals surface area contributed by atoms with Crippen molar-refractivity contribution >= 4 is 5.97 Å². The fourth-order valence-corrected chi connectivity index (χ4v) is 1.88. The lowest BCUT2D eigenvalue weighted by molar-refractivity contribution is 0.0689. The minimum absolute atomic E-state index is 0.154. The lowest BCUT2D eigenvalue weighted by Gasteiger charge is -2.08. The molecule has 0 saturated carbocycles. The van der Waals surface area contributed by atoms with Crippen LogP contribution in [-0.4, -0.2) is 26.0 Å². The number of halogens is 1. The molecule has 1 heterocycles. The largest absolute Gasteiger partial charge is 0.504 e. The van der Waals surface area contributed by atoms with Crippen LogP contribution >= 0.6 is 0 Å². The highest BCUT2D eigenvalue weighted by Gasteiger charge is 2.17. The second-order valence-corrected chi connectivity index (χ2v) is 4.17. The number of hydrogen-bond acceptors (Lipinski definition) is 3. The van der Waals surface area contributed by atoms with Crippen LogP contribution < -0.4 is 0 Å². The van der Waals surface area contributed by atoms with Crippen LogP contribution in [0.5, 0.6) is 5.75 Å². The molecule has 0 bridgehead atoms. The van der Waals surface area contributed by atoms with Crippen LogP contribution in [0, 0.1) is 5.82 Å². The highest BCUT2D eigenvalue weighted by atomic mass is 19.1. The number of aromatic nitrogens is 2. The van der Waals surface area contributed by atoms with Gasteiger partial charge >= 0.3 is 5.97 Å². The molecule has 2 aromatic rings. The molecule has 0 atom stereocenters. The molecule has 0 amide bonds. The molecule has 100 valence electrons. The molecule has 0 fully saturated rings. The lowest BCUT2D eigenvalue weighted by atomic mass is 10.0. The molecule has 0 aliphatic heterocycles. The number of nitrogens with zero attached hydrogens (tertiary/aromatic N) is 2. The molecule has 2 rings (SSSR count). The number of hydrogen-bond donors (Lipinski definition) is 2. The lowest BCUT2D eigenvalue weighted by Crippen LogP contribution is -1.99. The molecule has 5 nitrogen and oxygen atoms in total. The summed E-state index contributed by atoms with van der Waals surface area (Å²) in [5.41, 5.74) is 1.14. The summed E-state index contributed by atoms with van der Waals surface area (Å²) in [5.74, 6) is -2.40. The third kappa shape index (κ3) is 2.29. The van der Waals surface area contributed by atoms with Crippen LogP contribution in [0.4, 0.5) is 4.39 Å². The normalized spacial score (nSPS) is 10.7. The smallest absolute Gasteiger partial charge is 0.356 e. The zero-order valence-corrected chi connectivity index (χ0v) is 10.5. The van der Waals surface area contributed by atoms with Crippen LogP contribution in [0.15, 0.2) is 18.2 Å². The van der Waals surface area contributed by atoms with E-state index in [1.165, 1.54) is 23.9 Å². The van der Waals surface area contributed by atoms with Gasteiger partial charge in [-0.25, -0.2) is 9.18 Å². The van der Waals surface area contributed by atoms with Gasteiger partial charge in [0.05, 0.1) is 5.69 Å². The number of phenols is 1. The molecule has 19 heavy (non-hydrogen) atoms. The van der Waals surface area contributed by atoms with E-state index in [2.05, 4.69) is 5.10 Å². The Morgan fingerprint density at radius 3 is 2.63 bits per heavy atom. The second kappa shape index (κ2) is 4.72. The summed E-state index contributed by atoms with van der Waals surface area (Å²) in [4.78, 5) is 10.9. The molecule has 0 unspecified atom stereocenters. The summed E-state index contributed by atoms with van der Waals surface area (Å²) < 4.78 is 14.9. The van der Waals surface area contributed by atoms with Gasteiger partial charge in [0.15, 0.2) is 17.3 Å². The topological polar surface area (TPSA) is 75.3 Å². The number of rotatable bonds is 3. The molecular weight excluding hydrogens is 251 g/mol. The van der Waals surface area contributed by atoms with Crippen LogP contribution in [-0.2, 0) is 13.5 Å². The molecule has 1 aromatic carbocycles. The predicted octanol–water partition coefficient (Wildman–Crippen LogP) is 2.19. The number of aromatic hydroxyl groups is 1. The minimum Gasteiger partial charge on any atom is -0.504 e. The number of carbonyl (C=O) groups is 1. The summed E-state index contributed by atoms with van der Waals surface area (Å²) in [6.07, 6.45) is 0.605. The molecule has 1 aromatic heterocycles. The van der Waals surface area contributed by atoms with Gasteiger partial charge in [-0.1, -0.05) is 6.92 Å². The van der Waals surface area contributed by atoms with Gasteiger partial charge in [0, 0.05) is 12.6 Å². The minimum atomic E-state index is -1.17. The number of carboxylic acids is 1. The summed E-state index contributed by atoms with van der Waals surface area (Å²) in [7, 11) is 1.54. The molecule has 0 saturated heterocycles. The van der Waals surface area contributed by atoms with E-state index in [-0.39, 0.29) is 11.3 Å². The maximum Gasteiger partial charge on any atom is 0.356 e. The summed E-state index contributed by atoms with van der Waals surface area (Å²) in [6.45, 7) is 1.86. The average molecular weight is 264 g/mol. The summed E-state index contributed by atoms with van der Waals surface area (Å²) in [6, 6.07) is 4.19. The van der Waals surface area contributed by atoms with Crippen LogP contribution in [0.25, 0.3) is 11.3 Å². The maximum absolute atomic E-state index is 13.6. The first kappa shape index (κ1) is 13.1. The Morgan fingerprint density at radius 1 is 1.42 bits per heavy atom. The molecule has 2 N–H and O–H groups in total. The van der Waals surface area contributed by atoms with Crippen molar-refractivity contribution in [3.8, 4) is 17.0 Å². The van der Waals surface area contributed by atoms with Crippen LogP contribution in [0.2, 0.25) is 0 Å². The van der Waals surface area contributed by atoms with Crippen molar-refractivity contribution in [1.82, 2.24) is 9.78 Å². The van der Waals surface area contributed by atoms with Gasteiger partial charge in [-0.2, -0.15) is 5.10 Å². The standard InChI is InChI=1S/C13H13FN2O3/c1-3-7-4-8(12(17)9(14)5-7)11-6-10(13(18)19)15-16(11)2/h4-6,17H,3H2,1-2H3,(H,18,19). The van der Waals surface area contributed by atoms with Gasteiger partial charge in [-0.05, 0) is 30.2 Å². The Kier molecular flexibility index (Phi) is 3.25. The van der Waals surface area contributed by atoms with Crippen molar-refractivity contribution in [3.63, 3.8) is 0 Å². The van der Waals surface area contributed by atoms with E-state index in [1.807, 2.05) is 6.92 Å². The number of carboxylic acid groups (broad SMARTS) is 1. The van der Waals surface area contributed by atoms with E-state index < -0.39 is 17.5 Å². The fourth-order valence-electron chi connectivity index (χ4n) is 1.88. The first-order chi connectivity index (χ1) is 8.93. The van der Waals surface area contributed by atoms with E-state index in [4.69, 9.17) is 5.11 Å². The zero-order valence-electron chi connectivity index (χ0n) is 10.5. The van der Waals surface area contributed by atoms with Crippen molar-refractivity contribution in [2.45, 2.75) is 13.3 Å². The van der Waals surface area contributed by atoms with E-state index in [0.717, 1.165) is 0 Å². The number of phenolic OH excluding ortho intramolecular Hbond substituents is 1. The van der Waals surface area contributed by atoms with Gasteiger partial charge in [-0.15, -0.1) is 0 Å². The third-order valence-electron chi connectivity index (χ3n) is 2.91. The quantitative estimate of drug-likeness (QED) is 0.891. The van der Waals surface area contributed by atoms with Gasteiger partial charge < -0.3 is 10.2 Å². The van der Waals surface area contributed by atoms with Crippen LogP contribution in [0.1, 0.15) is 23.0 Å². The van der Waals surface area contributed by atoms with Gasteiger partial charge in [0.25, 0.3) is 0 Å². The SMILES string of the molecule is CCc1cc(F)c(O)c(-c2cc(C(=O)O)nn2C)c1. The third-order valence-corrected chi connectivity index (χ3v) is 2.91. The fraction of sp³-hybridized carbons (Fsp3) is 0.231. The van der Waals surface area contributed by atoms with E-state index in [0.29, 0.717) is 17.7 Å². The summed E-state index contributed by atoms with van der Waals surface area (Å²) in [5, 5.41) is 22.5. The van der Waals surface area contributed by atoms with Crippen molar-refractivity contribution < 1.29 is 19.4 Å². The highest BCUT2D eigenvalue weighted by Crippen LogP contribution is 2.33. The summed E-state index contributed by atoms with van der Waals surface area (Å²) >= 11 is 0. The Labute approximate surface area is 108 Å². The van der Waals surface area contributed by atoms with Crippen molar-refractivity contribution in [2.24, 2.45) is 7.05 Å². The Balaban J connectivity index is 2.64. The Bertz CT molecular complexity index is 650.